The lowest BCUT2D eigenvalue weighted by atomic mass is 9.94. The SMILES string of the molecule is COC(=O)[C@@H](C)[C@H](NC(=O)Cc1coc(-c2ccccc2)n1)c1ccccc1. The number of rotatable bonds is 7. The standard InChI is InChI=1S/C22H22N2O4/c1-15(22(26)27-2)20(16-9-5-3-6-10-16)24-19(25)13-18-14-28-21(23-18)17-11-7-4-8-12-17/h3-12,14-15,20H,13H2,1-2H3,(H,24,25)/t15-,20-/m0/s1. The van der Waals surface area contributed by atoms with Crippen LogP contribution in [-0.4, -0.2) is 24.0 Å². The number of carbonyl (C=O) groups excluding carboxylic acids is 2. The third-order valence-electron chi connectivity index (χ3n) is 4.46. The number of nitrogens with zero attached hydrogens (tertiary/aromatic N) is 1. The molecule has 2 atom stereocenters. The molecule has 0 radical (unpaired) electrons. The smallest absolute Gasteiger partial charge is 0.310 e. The summed E-state index contributed by atoms with van der Waals surface area (Å²) in [6.45, 7) is 1.73. The number of oxazole rings is 1. The lowest BCUT2D eigenvalue weighted by Gasteiger charge is -2.23. The van der Waals surface area contributed by atoms with Crippen molar-refractivity contribution < 1.29 is 18.7 Å². The summed E-state index contributed by atoms with van der Waals surface area (Å²) < 4.78 is 10.3. The number of ether oxygens (including phenoxy) is 1. The molecular weight excluding hydrogens is 356 g/mol. The molecule has 0 aliphatic rings. The van der Waals surface area contributed by atoms with Crippen LogP contribution in [0.3, 0.4) is 0 Å². The minimum Gasteiger partial charge on any atom is -0.469 e. The average Bonchev–Trinajstić information content (AvgIpc) is 3.20. The van der Waals surface area contributed by atoms with Gasteiger partial charge in [0.15, 0.2) is 0 Å². The summed E-state index contributed by atoms with van der Waals surface area (Å²) in [6.07, 6.45) is 1.52. The first-order chi connectivity index (χ1) is 13.6. The van der Waals surface area contributed by atoms with Crippen molar-refractivity contribution in [1.82, 2.24) is 10.3 Å². The maximum absolute atomic E-state index is 12.6. The van der Waals surface area contributed by atoms with Crippen molar-refractivity contribution in [2.75, 3.05) is 7.11 Å². The van der Waals surface area contributed by atoms with Gasteiger partial charge in [-0.05, 0) is 24.6 Å². The van der Waals surface area contributed by atoms with Gasteiger partial charge in [-0.15, -0.1) is 0 Å². The van der Waals surface area contributed by atoms with Crippen LogP contribution in [0.1, 0.15) is 24.2 Å². The second-order valence-electron chi connectivity index (χ2n) is 6.45. The summed E-state index contributed by atoms with van der Waals surface area (Å²) in [4.78, 5) is 29.0. The second-order valence-corrected chi connectivity index (χ2v) is 6.45. The van der Waals surface area contributed by atoms with Gasteiger partial charge in [0, 0.05) is 5.56 Å². The Morgan fingerprint density at radius 1 is 1.07 bits per heavy atom. The molecule has 0 saturated carbocycles. The van der Waals surface area contributed by atoms with E-state index in [1.807, 2.05) is 60.7 Å². The number of amides is 1. The minimum atomic E-state index is -0.534. The summed E-state index contributed by atoms with van der Waals surface area (Å²) in [5.41, 5.74) is 2.20. The van der Waals surface area contributed by atoms with Gasteiger partial charge in [0.05, 0.1) is 31.2 Å². The molecule has 3 rings (SSSR count). The largest absolute Gasteiger partial charge is 0.469 e. The Morgan fingerprint density at radius 3 is 2.36 bits per heavy atom. The molecule has 0 bridgehead atoms. The molecule has 3 aromatic rings. The molecule has 0 fully saturated rings. The molecule has 0 saturated heterocycles. The van der Waals surface area contributed by atoms with Crippen LogP contribution in [0.25, 0.3) is 11.5 Å². The summed E-state index contributed by atoms with van der Waals surface area (Å²) >= 11 is 0. The monoisotopic (exact) mass is 378 g/mol. The Balaban J connectivity index is 1.72. The van der Waals surface area contributed by atoms with Crippen molar-refractivity contribution in [3.63, 3.8) is 0 Å². The first-order valence-electron chi connectivity index (χ1n) is 9.00. The number of methoxy groups -OCH3 is 1. The highest BCUT2D eigenvalue weighted by molar-refractivity contribution is 5.80. The fourth-order valence-corrected chi connectivity index (χ4v) is 2.97. The lowest BCUT2D eigenvalue weighted by Crippen LogP contribution is -2.36. The van der Waals surface area contributed by atoms with Gasteiger partial charge in [-0.2, -0.15) is 0 Å². The van der Waals surface area contributed by atoms with Gasteiger partial charge < -0.3 is 14.5 Å². The molecule has 0 unspecified atom stereocenters. The van der Waals surface area contributed by atoms with Crippen molar-refractivity contribution in [3.8, 4) is 11.5 Å². The van der Waals surface area contributed by atoms with Crippen LogP contribution in [0.5, 0.6) is 0 Å². The molecule has 28 heavy (non-hydrogen) atoms. The zero-order chi connectivity index (χ0) is 19.9. The number of benzene rings is 2. The summed E-state index contributed by atoms with van der Waals surface area (Å²) in [7, 11) is 1.34. The molecule has 0 aliphatic heterocycles. The van der Waals surface area contributed by atoms with Crippen LogP contribution in [0.4, 0.5) is 0 Å². The molecule has 1 amide bonds. The highest BCUT2D eigenvalue weighted by Crippen LogP contribution is 2.23. The Kier molecular flexibility index (Phi) is 6.22. The highest BCUT2D eigenvalue weighted by Gasteiger charge is 2.28. The van der Waals surface area contributed by atoms with Gasteiger partial charge >= 0.3 is 5.97 Å². The summed E-state index contributed by atoms with van der Waals surface area (Å²) in [6, 6.07) is 18.3. The van der Waals surface area contributed by atoms with Crippen LogP contribution < -0.4 is 5.32 Å². The number of hydrogen-bond acceptors (Lipinski definition) is 5. The Labute approximate surface area is 163 Å². The maximum atomic E-state index is 12.6. The van der Waals surface area contributed by atoms with Crippen LogP contribution in [0, 0.1) is 5.92 Å². The van der Waals surface area contributed by atoms with Gasteiger partial charge in [0.2, 0.25) is 11.8 Å². The topological polar surface area (TPSA) is 81.4 Å². The van der Waals surface area contributed by atoms with Crippen molar-refractivity contribution in [1.29, 1.82) is 0 Å². The third-order valence-corrected chi connectivity index (χ3v) is 4.46. The quantitative estimate of drug-likeness (QED) is 0.636. The van der Waals surface area contributed by atoms with Crippen LogP contribution in [0.2, 0.25) is 0 Å². The third kappa shape index (κ3) is 4.65. The van der Waals surface area contributed by atoms with Gasteiger partial charge in [0.1, 0.15) is 6.26 Å². The molecule has 144 valence electrons. The zero-order valence-electron chi connectivity index (χ0n) is 15.8. The molecule has 6 heteroatoms. The van der Waals surface area contributed by atoms with E-state index in [-0.39, 0.29) is 18.3 Å². The normalized spacial score (nSPS) is 12.8. The number of hydrogen-bond donors (Lipinski definition) is 1. The van der Waals surface area contributed by atoms with Gasteiger partial charge in [0.25, 0.3) is 0 Å². The number of aromatic nitrogens is 1. The molecule has 0 spiro atoms. The first kappa shape index (κ1) is 19.4. The Morgan fingerprint density at radius 2 is 1.71 bits per heavy atom. The second kappa shape index (κ2) is 8.99. The highest BCUT2D eigenvalue weighted by atomic mass is 16.5. The van der Waals surface area contributed by atoms with Gasteiger partial charge in [-0.1, -0.05) is 48.5 Å². The van der Waals surface area contributed by atoms with Gasteiger partial charge in [-0.3, -0.25) is 9.59 Å². The van der Waals surface area contributed by atoms with E-state index >= 15 is 0 Å². The van der Waals surface area contributed by atoms with Crippen LogP contribution in [0.15, 0.2) is 71.3 Å². The van der Waals surface area contributed by atoms with E-state index < -0.39 is 12.0 Å². The average molecular weight is 378 g/mol. The summed E-state index contributed by atoms with van der Waals surface area (Å²) in [5, 5.41) is 2.92. The zero-order valence-corrected chi connectivity index (χ0v) is 15.8. The predicted molar refractivity (Wildman–Crippen MR) is 104 cm³/mol. The molecule has 1 heterocycles. The predicted octanol–water partition coefficient (Wildman–Crippen LogP) is 3.55. The molecular formula is C22H22N2O4. The number of esters is 1. The maximum Gasteiger partial charge on any atom is 0.310 e. The molecule has 1 N–H and O–H groups in total. The number of carbonyl (C=O) groups is 2. The van der Waals surface area contributed by atoms with Crippen molar-refractivity contribution in [3.05, 3.63) is 78.2 Å². The van der Waals surface area contributed by atoms with Crippen LogP contribution >= 0.6 is 0 Å². The molecule has 6 nitrogen and oxygen atoms in total. The molecule has 1 aromatic heterocycles. The fraction of sp³-hybridized carbons (Fsp3) is 0.227. The van der Waals surface area contributed by atoms with Gasteiger partial charge in [-0.25, -0.2) is 4.98 Å². The van der Waals surface area contributed by atoms with E-state index in [1.165, 1.54) is 13.4 Å². The van der Waals surface area contributed by atoms with E-state index in [0.717, 1.165) is 11.1 Å². The fourth-order valence-electron chi connectivity index (χ4n) is 2.97. The number of nitrogens with one attached hydrogen (secondary N) is 1. The van der Waals surface area contributed by atoms with E-state index in [1.54, 1.807) is 6.92 Å². The van der Waals surface area contributed by atoms with Crippen molar-refractivity contribution in [2.45, 2.75) is 19.4 Å². The van der Waals surface area contributed by atoms with Crippen LogP contribution in [-0.2, 0) is 20.7 Å². The molecule has 0 aliphatic carbocycles. The van der Waals surface area contributed by atoms with E-state index in [2.05, 4.69) is 10.3 Å². The van der Waals surface area contributed by atoms with E-state index in [9.17, 15) is 9.59 Å². The molecule has 2 aromatic carbocycles. The van der Waals surface area contributed by atoms with Crippen molar-refractivity contribution in [2.24, 2.45) is 5.92 Å². The lowest BCUT2D eigenvalue weighted by molar-refractivity contribution is -0.146. The van der Waals surface area contributed by atoms with E-state index in [4.69, 9.17) is 9.15 Å². The minimum absolute atomic E-state index is 0.0492. The first-order valence-corrected chi connectivity index (χ1v) is 9.00. The summed E-state index contributed by atoms with van der Waals surface area (Å²) in [5.74, 6) is -0.709. The Bertz CT molecular complexity index is 922. The van der Waals surface area contributed by atoms with E-state index in [0.29, 0.717) is 11.6 Å². The van der Waals surface area contributed by atoms with Crippen molar-refractivity contribution >= 4 is 11.9 Å². The Hall–Kier alpha value is -3.41.